The number of amides is 3. The number of anilines is 1. The van der Waals surface area contributed by atoms with Crippen molar-refractivity contribution in [2.45, 2.75) is 13.3 Å². The highest BCUT2D eigenvalue weighted by Gasteiger charge is 2.25. The van der Waals surface area contributed by atoms with Crippen LogP contribution >= 0.6 is 0 Å². The number of carbonyl (C=O) groups excluding carboxylic acids is 2. The molecule has 1 aliphatic rings. The second-order valence-corrected chi connectivity index (χ2v) is 8.87. The van der Waals surface area contributed by atoms with Gasteiger partial charge in [0.1, 0.15) is 12.3 Å². The maximum Gasteiger partial charge on any atom is 0.317 e. The number of piperazine rings is 1. The monoisotopic (exact) mass is 502 g/mol. The Balaban J connectivity index is 1.31. The van der Waals surface area contributed by atoms with Crippen LogP contribution in [-0.4, -0.2) is 84.9 Å². The number of hydrogen-bond donors (Lipinski definition) is 1. The zero-order chi connectivity index (χ0) is 26.0. The molecule has 2 heterocycles. The Morgan fingerprint density at radius 3 is 2.43 bits per heavy atom. The Bertz CT molecular complexity index is 1160. The van der Waals surface area contributed by atoms with Gasteiger partial charge in [0, 0.05) is 44.8 Å². The molecule has 3 amide bonds. The number of nitrogens with zero attached hydrogens (tertiary/aromatic N) is 5. The molecule has 3 aromatic rings. The van der Waals surface area contributed by atoms with Gasteiger partial charge in [0.25, 0.3) is 0 Å². The summed E-state index contributed by atoms with van der Waals surface area (Å²) in [6, 6.07) is 21.4. The molecule has 1 saturated heterocycles. The van der Waals surface area contributed by atoms with E-state index in [1.165, 1.54) is 0 Å². The second kappa shape index (κ2) is 12.7. The van der Waals surface area contributed by atoms with E-state index in [4.69, 9.17) is 4.74 Å². The van der Waals surface area contributed by atoms with Crippen LogP contribution in [-0.2, 0) is 11.2 Å². The lowest BCUT2D eigenvalue weighted by Crippen LogP contribution is -2.53. The summed E-state index contributed by atoms with van der Waals surface area (Å²) in [6.45, 7) is 5.39. The first-order valence-electron chi connectivity index (χ1n) is 12.6. The summed E-state index contributed by atoms with van der Waals surface area (Å²) in [6.07, 6.45) is 0.698. The van der Waals surface area contributed by atoms with Crippen molar-refractivity contribution in [3.63, 3.8) is 0 Å². The molecule has 37 heavy (non-hydrogen) atoms. The average molecular weight is 503 g/mol. The molecule has 1 aliphatic heterocycles. The fourth-order valence-electron chi connectivity index (χ4n) is 4.30. The van der Waals surface area contributed by atoms with Crippen LogP contribution in [0.4, 0.5) is 10.6 Å². The van der Waals surface area contributed by atoms with Crippen molar-refractivity contribution in [1.29, 1.82) is 0 Å². The zero-order valence-electron chi connectivity index (χ0n) is 21.5. The first-order chi connectivity index (χ1) is 18.1. The Kier molecular flexibility index (Phi) is 8.91. The van der Waals surface area contributed by atoms with Crippen molar-refractivity contribution in [2.75, 3.05) is 57.8 Å². The van der Waals surface area contributed by atoms with Crippen LogP contribution in [0.25, 0.3) is 11.3 Å². The van der Waals surface area contributed by atoms with Gasteiger partial charge in [-0.05, 0) is 43.2 Å². The molecule has 0 unspecified atom stereocenters. The smallest absolute Gasteiger partial charge is 0.317 e. The number of hydrogen-bond acceptors (Lipinski definition) is 6. The number of rotatable bonds is 9. The largest absolute Gasteiger partial charge is 0.497 e. The minimum Gasteiger partial charge on any atom is -0.497 e. The summed E-state index contributed by atoms with van der Waals surface area (Å²) in [5, 5.41) is 11.6. The first-order valence-corrected chi connectivity index (χ1v) is 12.6. The number of nitrogens with one attached hydrogen (secondary N) is 1. The number of benzene rings is 2. The fraction of sp³-hybridized carbons (Fsp3) is 0.357. The zero-order valence-corrected chi connectivity index (χ0v) is 21.5. The van der Waals surface area contributed by atoms with Gasteiger partial charge in [-0.1, -0.05) is 42.5 Å². The number of ether oxygens (including phenoxy) is 1. The standard InChI is InChI=1S/C28H34N6O3/c1-3-29-28(36)34(15-14-22-8-5-4-6-9-22)21-27(35)33-18-16-32(17-19-33)26-13-12-25(30-31-26)23-10-7-11-24(20-23)37-2/h4-13,20H,3,14-19,21H2,1-2H3,(H,29,36). The number of methoxy groups -OCH3 is 1. The van der Waals surface area contributed by atoms with E-state index in [9.17, 15) is 9.59 Å². The van der Waals surface area contributed by atoms with Crippen molar-refractivity contribution in [3.05, 3.63) is 72.3 Å². The number of urea groups is 1. The van der Waals surface area contributed by atoms with Crippen LogP contribution in [0.3, 0.4) is 0 Å². The van der Waals surface area contributed by atoms with Crippen LogP contribution in [0.2, 0.25) is 0 Å². The summed E-state index contributed by atoms with van der Waals surface area (Å²) < 4.78 is 5.29. The van der Waals surface area contributed by atoms with Crippen molar-refractivity contribution in [3.8, 4) is 17.0 Å². The predicted octanol–water partition coefficient (Wildman–Crippen LogP) is 3.08. The van der Waals surface area contributed by atoms with Gasteiger partial charge in [-0.2, -0.15) is 0 Å². The van der Waals surface area contributed by atoms with E-state index in [2.05, 4.69) is 20.4 Å². The van der Waals surface area contributed by atoms with Crippen LogP contribution in [0.1, 0.15) is 12.5 Å². The first kappa shape index (κ1) is 25.9. The van der Waals surface area contributed by atoms with Gasteiger partial charge >= 0.3 is 6.03 Å². The maximum absolute atomic E-state index is 13.1. The van der Waals surface area contributed by atoms with E-state index in [1.807, 2.05) is 78.6 Å². The van der Waals surface area contributed by atoms with E-state index in [1.54, 1.807) is 12.0 Å². The highest BCUT2D eigenvalue weighted by molar-refractivity contribution is 5.84. The topological polar surface area (TPSA) is 90.9 Å². The normalized spacial score (nSPS) is 13.2. The van der Waals surface area contributed by atoms with Crippen molar-refractivity contribution >= 4 is 17.8 Å². The second-order valence-electron chi connectivity index (χ2n) is 8.87. The predicted molar refractivity (Wildman–Crippen MR) is 144 cm³/mol. The summed E-state index contributed by atoms with van der Waals surface area (Å²) in [5.74, 6) is 1.51. The maximum atomic E-state index is 13.1. The highest BCUT2D eigenvalue weighted by Crippen LogP contribution is 2.23. The number of carbonyl (C=O) groups is 2. The van der Waals surface area contributed by atoms with Gasteiger partial charge in [0.15, 0.2) is 5.82 Å². The molecule has 0 saturated carbocycles. The summed E-state index contributed by atoms with van der Waals surface area (Å²) in [4.78, 5) is 31.2. The van der Waals surface area contributed by atoms with Crippen molar-refractivity contribution < 1.29 is 14.3 Å². The van der Waals surface area contributed by atoms with Crippen LogP contribution in [0.15, 0.2) is 66.7 Å². The summed E-state index contributed by atoms with van der Waals surface area (Å²) >= 11 is 0. The molecular weight excluding hydrogens is 468 g/mol. The molecule has 1 N–H and O–H groups in total. The van der Waals surface area contributed by atoms with Gasteiger partial charge in [-0.15, -0.1) is 10.2 Å². The van der Waals surface area contributed by atoms with Crippen molar-refractivity contribution in [1.82, 2.24) is 25.3 Å². The lowest BCUT2D eigenvalue weighted by Gasteiger charge is -2.36. The fourth-order valence-corrected chi connectivity index (χ4v) is 4.30. The lowest BCUT2D eigenvalue weighted by molar-refractivity contribution is -0.132. The molecule has 194 valence electrons. The SMILES string of the molecule is CCNC(=O)N(CCc1ccccc1)CC(=O)N1CCN(c2ccc(-c3cccc(OC)c3)nn2)CC1. The third-order valence-corrected chi connectivity index (χ3v) is 6.43. The Hall–Kier alpha value is -4.14. The molecule has 1 aromatic heterocycles. The summed E-state index contributed by atoms with van der Waals surface area (Å²) in [7, 11) is 1.64. The molecule has 0 bridgehead atoms. The molecule has 4 rings (SSSR count). The highest BCUT2D eigenvalue weighted by atomic mass is 16.5. The minimum atomic E-state index is -0.211. The van der Waals surface area contributed by atoms with Gasteiger partial charge < -0.3 is 24.8 Å². The Morgan fingerprint density at radius 2 is 1.76 bits per heavy atom. The molecule has 0 atom stereocenters. The molecule has 9 nitrogen and oxygen atoms in total. The minimum absolute atomic E-state index is 0.0431. The molecular formula is C28H34N6O3. The molecule has 0 aliphatic carbocycles. The molecule has 1 fully saturated rings. The van der Waals surface area contributed by atoms with E-state index < -0.39 is 0 Å². The molecule has 0 radical (unpaired) electrons. The lowest BCUT2D eigenvalue weighted by atomic mass is 10.1. The molecule has 2 aromatic carbocycles. The molecule has 9 heteroatoms. The van der Waals surface area contributed by atoms with Crippen LogP contribution < -0.4 is 15.0 Å². The van der Waals surface area contributed by atoms with Gasteiger partial charge in [0.05, 0.1) is 12.8 Å². The average Bonchev–Trinajstić information content (AvgIpc) is 2.96. The Morgan fingerprint density at radius 1 is 0.973 bits per heavy atom. The van der Waals surface area contributed by atoms with Crippen LogP contribution in [0, 0.1) is 0 Å². The van der Waals surface area contributed by atoms with Gasteiger partial charge in [-0.3, -0.25) is 4.79 Å². The van der Waals surface area contributed by atoms with E-state index in [0.29, 0.717) is 45.7 Å². The van der Waals surface area contributed by atoms with Crippen LogP contribution in [0.5, 0.6) is 5.75 Å². The number of aromatic nitrogens is 2. The van der Waals surface area contributed by atoms with E-state index in [-0.39, 0.29) is 18.5 Å². The summed E-state index contributed by atoms with van der Waals surface area (Å²) in [5.41, 5.74) is 2.85. The van der Waals surface area contributed by atoms with Crippen molar-refractivity contribution in [2.24, 2.45) is 0 Å². The molecule has 0 spiro atoms. The quantitative estimate of drug-likeness (QED) is 0.484. The van der Waals surface area contributed by atoms with Gasteiger partial charge in [0.2, 0.25) is 5.91 Å². The van der Waals surface area contributed by atoms with E-state index >= 15 is 0 Å². The van der Waals surface area contributed by atoms with Gasteiger partial charge in [-0.25, -0.2) is 4.79 Å². The third-order valence-electron chi connectivity index (χ3n) is 6.43. The third kappa shape index (κ3) is 6.97. The Labute approximate surface area is 218 Å². The van der Waals surface area contributed by atoms with E-state index in [0.717, 1.165) is 28.4 Å².